The molecule has 38 heavy (non-hydrogen) atoms. The molecule has 0 bridgehead atoms. The number of hydrogen-bond donors (Lipinski definition) is 5. The van der Waals surface area contributed by atoms with Crippen LogP contribution in [0, 0.1) is 18.2 Å². The maximum absolute atomic E-state index is 13.8. The Bertz CT molecular complexity index is 1230. The molecule has 9 nitrogen and oxygen atoms in total. The summed E-state index contributed by atoms with van der Waals surface area (Å²) in [5.74, 6) is 0.272. The zero-order valence-electron chi connectivity index (χ0n) is 22.2. The molecule has 3 aromatic rings. The van der Waals surface area contributed by atoms with E-state index in [0.717, 1.165) is 28.8 Å². The van der Waals surface area contributed by atoms with E-state index in [2.05, 4.69) is 27.5 Å². The van der Waals surface area contributed by atoms with Crippen LogP contribution in [0.1, 0.15) is 38.7 Å². The Hall–Kier alpha value is -3.89. The lowest BCUT2D eigenvalue weighted by atomic mass is 9.98. The highest BCUT2D eigenvalue weighted by Crippen LogP contribution is 2.47. The van der Waals surface area contributed by atoms with Crippen molar-refractivity contribution < 1.29 is 19.1 Å². The van der Waals surface area contributed by atoms with Crippen LogP contribution < -0.4 is 22.1 Å². The third kappa shape index (κ3) is 8.89. The number of nitrogens with one attached hydrogen (secondary N) is 2. The summed E-state index contributed by atoms with van der Waals surface area (Å²) >= 11 is 0. The van der Waals surface area contributed by atoms with Crippen LogP contribution in [0.15, 0.2) is 42.6 Å². The molecule has 0 aliphatic heterocycles. The van der Waals surface area contributed by atoms with Gasteiger partial charge in [0.25, 0.3) is 0 Å². The molecule has 2 aromatic heterocycles. The van der Waals surface area contributed by atoms with E-state index in [1.807, 2.05) is 18.9 Å². The first-order chi connectivity index (χ1) is 18.1. The molecule has 1 saturated carbocycles. The molecule has 2 heterocycles. The molecular weight excluding hydrogens is 487 g/mol. The minimum Gasteiger partial charge on any atom is -0.396 e. The fraction of sp³-hybridized carbons (Fsp3) is 0.357. The predicted molar refractivity (Wildman–Crippen MR) is 150 cm³/mol. The van der Waals surface area contributed by atoms with E-state index in [0.29, 0.717) is 29.3 Å². The lowest BCUT2D eigenvalue weighted by molar-refractivity contribution is -0.114. The molecule has 10 heteroatoms. The van der Waals surface area contributed by atoms with Gasteiger partial charge in [0.2, 0.25) is 5.91 Å². The zero-order chi connectivity index (χ0) is 28.3. The normalized spacial score (nSPS) is 12.8. The lowest BCUT2D eigenvalue weighted by Gasteiger charge is -2.14. The van der Waals surface area contributed by atoms with Gasteiger partial charge in [-0.25, -0.2) is 14.4 Å². The van der Waals surface area contributed by atoms with Crippen LogP contribution in [0.25, 0.3) is 22.4 Å². The van der Waals surface area contributed by atoms with Gasteiger partial charge in [-0.05, 0) is 91.2 Å². The molecule has 7 N–H and O–H groups in total. The Labute approximate surface area is 222 Å². The van der Waals surface area contributed by atoms with E-state index in [9.17, 15) is 9.18 Å². The molecule has 1 aromatic carbocycles. The second-order valence-corrected chi connectivity index (χ2v) is 9.43. The molecule has 0 unspecified atom stereocenters. The van der Waals surface area contributed by atoms with Crippen molar-refractivity contribution in [1.29, 1.82) is 0 Å². The molecule has 0 spiro atoms. The summed E-state index contributed by atoms with van der Waals surface area (Å²) in [7, 11) is 0. The third-order valence-electron chi connectivity index (χ3n) is 6.11. The van der Waals surface area contributed by atoms with Crippen molar-refractivity contribution in [3.8, 4) is 22.4 Å². The van der Waals surface area contributed by atoms with Crippen molar-refractivity contribution in [3.63, 3.8) is 0 Å². The van der Waals surface area contributed by atoms with Crippen molar-refractivity contribution in [3.05, 3.63) is 54.0 Å². The smallest absolute Gasteiger partial charge is 0.222 e. The highest BCUT2D eigenvalue weighted by atomic mass is 19.1. The third-order valence-corrected chi connectivity index (χ3v) is 6.11. The number of amides is 1. The van der Waals surface area contributed by atoms with Gasteiger partial charge in [-0.2, -0.15) is 0 Å². The van der Waals surface area contributed by atoms with E-state index in [1.54, 1.807) is 31.3 Å². The summed E-state index contributed by atoms with van der Waals surface area (Å²) in [4.78, 5) is 28.0. The number of carbonyl (C=O) groups excluding carboxylic acids is 2. The number of nitrogens with zero attached hydrogens (tertiary/aromatic N) is 2. The number of rotatable bonds is 8. The summed E-state index contributed by atoms with van der Waals surface area (Å²) < 4.78 is 13.8. The van der Waals surface area contributed by atoms with E-state index in [1.165, 1.54) is 32.3 Å². The Morgan fingerprint density at radius 1 is 1.16 bits per heavy atom. The van der Waals surface area contributed by atoms with E-state index in [-0.39, 0.29) is 18.2 Å². The van der Waals surface area contributed by atoms with Gasteiger partial charge in [-0.3, -0.25) is 4.79 Å². The van der Waals surface area contributed by atoms with Crippen LogP contribution in [0.4, 0.5) is 21.7 Å². The van der Waals surface area contributed by atoms with Gasteiger partial charge in [-0.1, -0.05) is 6.92 Å². The molecule has 1 fully saturated rings. The van der Waals surface area contributed by atoms with Crippen LogP contribution in [-0.4, -0.2) is 47.5 Å². The molecule has 4 rings (SSSR count). The minimum atomic E-state index is -0.465. The average Bonchev–Trinajstić information content (AvgIpc) is 3.63. The number of halogens is 1. The summed E-state index contributed by atoms with van der Waals surface area (Å²) in [6.45, 7) is 8.67. The fourth-order valence-corrected chi connectivity index (χ4v) is 3.76. The zero-order valence-corrected chi connectivity index (χ0v) is 22.2. The molecule has 204 valence electrons. The Balaban J connectivity index is 0.000000481. The molecule has 0 atom stereocenters. The van der Waals surface area contributed by atoms with Crippen LogP contribution in [0.5, 0.6) is 0 Å². The number of nitrogen functional groups attached to an aromatic ring is 1. The van der Waals surface area contributed by atoms with Crippen molar-refractivity contribution in [2.45, 2.75) is 40.0 Å². The van der Waals surface area contributed by atoms with Crippen LogP contribution >= 0.6 is 0 Å². The Morgan fingerprint density at radius 2 is 1.84 bits per heavy atom. The van der Waals surface area contributed by atoms with Crippen molar-refractivity contribution >= 4 is 30.0 Å². The number of aliphatic hydroxyl groups is 1. The first-order valence-electron chi connectivity index (χ1n) is 12.3. The lowest BCUT2D eigenvalue weighted by Crippen LogP contribution is -2.08. The average molecular weight is 525 g/mol. The molecule has 0 saturated heterocycles. The molecule has 1 aliphatic rings. The van der Waals surface area contributed by atoms with Crippen molar-refractivity contribution in [1.82, 2.24) is 9.97 Å². The molecular formula is C28H37FN6O3. The standard InChI is InChI=1S/C21H22FN5O2.C6H13N.CH2O/c1-12-7-17(22)18(23)11-16(12)15-8-19(27-21(10-15)25-5-6-28)14-3-4-24-20(9-14)26-13(2)29;1-6(2-3-6)4-5-7;1-2/h3-4,7-11,28H,5-6,23H2,1-2H3,(H,25,27)(H,24,26,29);2-5,7H2,1H3;1H2. The van der Waals surface area contributed by atoms with Gasteiger partial charge < -0.3 is 32.0 Å². The van der Waals surface area contributed by atoms with Gasteiger partial charge >= 0.3 is 0 Å². The van der Waals surface area contributed by atoms with Gasteiger partial charge in [0.1, 0.15) is 24.2 Å². The van der Waals surface area contributed by atoms with E-state index in [4.69, 9.17) is 21.4 Å². The van der Waals surface area contributed by atoms with Gasteiger partial charge in [-0.15, -0.1) is 0 Å². The predicted octanol–water partition coefficient (Wildman–Crippen LogP) is 4.15. The molecule has 0 radical (unpaired) electrons. The monoisotopic (exact) mass is 524 g/mol. The maximum Gasteiger partial charge on any atom is 0.222 e. The minimum absolute atomic E-state index is 0.0499. The van der Waals surface area contributed by atoms with E-state index >= 15 is 0 Å². The molecule has 1 amide bonds. The summed E-state index contributed by atoms with van der Waals surface area (Å²) in [5, 5.41) is 14.8. The summed E-state index contributed by atoms with van der Waals surface area (Å²) in [6, 6.07) is 10.2. The topological polar surface area (TPSA) is 156 Å². The van der Waals surface area contributed by atoms with Crippen molar-refractivity contribution in [2.75, 3.05) is 36.1 Å². The maximum atomic E-state index is 13.8. The van der Waals surface area contributed by atoms with E-state index < -0.39 is 5.82 Å². The fourth-order valence-electron chi connectivity index (χ4n) is 3.76. The number of aryl methyl sites for hydroxylation is 1. The number of nitrogens with two attached hydrogens (primary N) is 2. The number of benzene rings is 1. The van der Waals surface area contributed by atoms with Gasteiger partial charge in [0.05, 0.1) is 18.0 Å². The van der Waals surface area contributed by atoms with Crippen LogP contribution in [0.3, 0.4) is 0 Å². The quantitative estimate of drug-likeness (QED) is 0.275. The van der Waals surface area contributed by atoms with Gasteiger partial charge in [0.15, 0.2) is 0 Å². The number of hydrogen-bond acceptors (Lipinski definition) is 8. The first-order valence-corrected chi connectivity index (χ1v) is 12.3. The second kappa shape index (κ2) is 14.2. The summed E-state index contributed by atoms with van der Waals surface area (Å²) in [6.07, 6.45) is 5.62. The summed E-state index contributed by atoms with van der Waals surface area (Å²) in [5.41, 5.74) is 15.5. The number of aliphatic hydroxyl groups excluding tert-OH is 1. The highest BCUT2D eigenvalue weighted by Gasteiger charge is 2.35. The van der Waals surface area contributed by atoms with Crippen LogP contribution in [-0.2, 0) is 9.59 Å². The van der Waals surface area contributed by atoms with Crippen LogP contribution in [0.2, 0.25) is 0 Å². The number of carbonyl (C=O) groups is 2. The molecule has 1 aliphatic carbocycles. The number of pyridine rings is 2. The second-order valence-electron chi connectivity index (χ2n) is 9.43. The SMILES string of the molecule is C=O.CC(=O)Nc1cc(-c2cc(-c3cc(N)c(F)cc3C)cc(NCCO)n2)ccn1.CC1(CCN)CC1. The highest BCUT2D eigenvalue weighted by molar-refractivity contribution is 5.88. The van der Waals surface area contributed by atoms with Crippen molar-refractivity contribution in [2.24, 2.45) is 11.1 Å². The Kier molecular flexibility index (Phi) is 11.3. The van der Waals surface area contributed by atoms with Gasteiger partial charge in [0, 0.05) is 25.2 Å². The largest absolute Gasteiger partial charge is 0.396 e. The Morgan fingerprint density at radius 3 is 2.42 bits per heavy atom. The first kappa shape index (κ1) is 30.3. The number of anilines is 3. The number of aromatic nitrogens is 2.